The summed E-state index contributed by atoms with van der Waals surface area (Å²) >= 11 is 0. The molecule has 0 amide bonds. The van der Waals surface area contributed by atoms with Gasteiger partial charge < -0.3 is 14.8 Å². The molecule has 2 atom stereocenters. The third-order valence-corrected chi connectivity index (χ3v) is 2.63. The first kappa shape index (κ1) is 12.3. The molecule has 1 aromatic rings. The van der Waals surface area contributed by atoms with Gasteiger partial charge in [-0.05, 0) is 25.8 Å². The van der Waals surface area contributed by atoms with Crippen LogP contribution >= 0.6 is 0 Å². The van der Waals surface area contributed by atoms with E-state index in [-0.39, 0.29) is 12.1 Å². The zero-order valence-corrected chi connectivity index (χ0v) is 10.3. The first-order valence-corrected chi connectivity index (χ1v) is 5.98. The highest BCUT2D eigenvalue weighted by Crippen LogP contribution is 2.09. The van der Waals surface area contributed by atoms with Gasteiger partial charge in [-0.1, -0.05) is 0 Å². The molecule has 0 bridgehead atoms. The first-order chi connectivity index (χ1) is 8.24. The fourth-order valence-electron chi connectivity index (χ4n) is 1.65. The van der Waals surface area contributed by atoms with E-state index in [2.05, 4.69) is 22.2 Å². The number of nitrogens with zero attached hydrogens (tertiary/aromatic N) is 2. The molecule has 2 heterocycles. The van der Waals surface area contributed by atoms with E-state index in [1.165, 1.54) is 0 Å². The quantitative estimate of drug-likeness (QED) is 0.838. The van der Waals surface area contributed by atoms with Crippen molar-refractivity contribution in [3.05, 3.63) is 18.0 Å². The third kappa shape index (κ3) is 3.94. The molecular weight excluding hydrogens is 218 g/mol. The van der Waals surface area contributed by atoms with Crippen LogP contribution in [0.1, 0.15) is 18.9 Å². The lowest BCUT2D eigenvalue weighted by Gasteiger charge is -2.16. The molecule has 1 saturated heterocycles. The molecule has 2 rings (SSSR count). The van der Waals surface area contributed by atoms with Crippen molar-refractivity contribution in [2.75, 3.05) is 25.1 Å². The van der Waals surface area contributed by atoms with Gasteiger partial charge in [0.05, 0.1) is 19.3 Å². The molecule has 5 nitrogen and oxygen atoms in total. The van der Waals surface area contributed by atoms with E-state index in [0.29, 0.717) is 19.2 Å². The molecule has 0 aromatic carbocycles. The standard InChI is InChI=1S/C12H19N3O2/c1-9-5-13-12(14-6-9)15-10(2)7-17-11-3-4-16-8-11/h5-6,10-11H,3-4,7-8H2,1-2H3,(H,13,14,15). The molecule has 0 aliphatic carbocycles. The Labute approximate surface area is 102 Å². The van der Waals surface area contributed by atoms with Crippen molar-refractivity contribution < 1.29 is 9.47 Å². The van der Waals surface area contributed by atoms with Crippen LogP contribution in [0.15, 0.2) is 12.4 Å². The lowest BCUT2D eigenvalue weighted by atomic mass is 10.3. The minimum atomic E-state index is 0.193. The number of nitrogens with one attached hydrogen (secondary N) is 1. The zero-order chi connectivity index (χ0) is 12.1. The number of aromatic nitrogens is 2. The minimum absolute atomic E-state index is 0.193. The Hall–Kier alpha value is -1.20. The summed E-state index contributed by atoms with van der Waals surface area (Å²) in [7, 11) is 0. The van der Waals surface area contributed by atoms with E-state index in [4.69, 9.17) is 9.47 Å². The van der Waals surface area contributed by atoms with Crippen LogP contribution in [0.4, 0.5) is 5.95 Å². The Kier molecular flexibility index (Phi) is 4.28. The Morgan fingerprint density at radius 3 is 2.94 bits per heavy atom. The SMILES string of the molecule is Cc1cnc(NC(C)COC2CCOC2)nc1. The number of hydrogen-bond acceptors (Lipinski definition) is 5. The second-order valence-corrected chi connectivity index (χ2v) is 4.45. The van der Waals surface area contributed by atoms with E-state index < -0.39 is 0 Å². The molecule has 2 unspecified atom stereocenters. The van der Waals surface area contributed by atoms with Gasteiger partial charge in [0.25, 0.3) is 0 Å². The Balaban J connectivity index is 1.72. The number of aryl methyl sites for hydroxylation is 1. The molecule has 1 N–H and O–H groups in total. The van der Waals surface area contributed by atoms with Gasteiger partial charge in [0.2, 0.25) is 5.95 Å². The predicted molar refractivity (Wildman–Crippen MR) is 65.0 cm³/mol. The molecule has 1 aromatic heterocycles. The zero-order valence-electron chi connectivity index (χ0n) is 10.3. The topological polar surface area (TPSA) is 56.3 Å². The summed E-state index contributed by atoms with van der Waals surface area (Å²) in [5.41, 5.74) is 1.06. The highest BCUT2D eigenvalue weighted by atomic mass is 16.5. The molecular formula is C12H19N3O2. The predicted octanol–water partition coefficient (Wildman–Crippen LogP) is 1.39. The van der Waals surface area contributed by atoms with Crippen molar-refractivity contribution in [2.24, 2.45) is 0 Å². The molecule has 1 fully saturated rings. The van der Waals surface area contributed by atoms with E-state index in [9.17, 15) is 0 Å². The number of hydrogen-bond donors (Lipinski definition) is 1. The lowest BCUT2D eigenvalue weighted by Crippen LogP contribution is -2.26. The summed E-state index contributed by atoms with van der Waals surface area (Å²) in [6.45, 7) is 6.20. The number of anilines is 1. The summed E-state index contributed by atoms with van der Waals surface area (Å²) in [6.07, 6.45) is 4.84. The minimum Gasteiger partial charge on any atom is -0.379 e. The van der Waals surface area contributed by atoms with Crippen LogP contribution in [0.2, 0.25) is 0 Å². The van der Waals surface area contributed by atoms with Gasteiger partial charge in [0, 0.05) is 25.0 Å². The fourth-order valence-corrected chi connectivity index (χ4v) is 1.65. The largest absolute Gasteiger partial charge is 0.379 e. The first-order valence-electron chi connectivity index (χ1n) is 5.98. The van der Waals surface area contributed by atoms with Gasteiger partial charge in [-0.25, -0.2) is 9.97 Å². The van der Waals surface area contributed by atoms with Gasteiger partial charge in [0.15, 0.2) is 0 Å². The maximum absolute atomic E-state index is 5.72. The van der Waals surface area contributed by atoms with Crippen molar-refractivity contribution >= 4 is 5.95 Å². The van der Waals surface area contributed by atoms with Crippen LogP contribution in [0, 0.1) is 6.92 Å². The van der Waals surface area contributed by atoms with Gasteiger partial charge >= 0.3 is 0 Å². The van der Waals surface area contributed by atoms with Crippen molar-refractivity contribution in [3.63, 3.8) is 0 Å². The smallest absolute Gasteiger partial charge is 0.222 e. The number of ether oxygens (including phenoxy) is 2. The van der Waals surface area contributed by atoms with E-state index in [1.807, 2.05) is 6.92 Å². The van der Waals surface area contributed by atoms with E-state index in [1.54, 1.807) is 12.4 Å². The van der Waals surface area contributed by atoms with Gasteiger partial charge in [-0.2, -0.15) is 0 Å². The molecule has 0 saturated carbocycles. The summed E-state index contributed by atoms with van der Waals surface area (Å²) in [5.74, 6) is 0.648. The Morgan fingerprint density at radius 2 is 2.29 bits per heavy atom. The molecule has 0 spiro atoms. The second kappa shape index (κ2) is 5.93. The molecule has 1 aliphatic rings. The van der Waals surface area contributed by atoms with Gasteiger partial charge in [0.1, 0.15) is 0 Å². The maximum atomic E-state index is 5.72. The van der Waals surface area contributed by atoms with Crippen LogP contribution in [0.5, 0.6) is 0 Å². The van der Waals surface area contributed by atoms with Crippen LogP contribution in [0.3, 0.4) is 0 Å². The molecule has 1 aliphatic heterocycles. The van der Waals surface area contributed by atoms with E-state index >= 15 is 0 Å². The molecule has 0 radical (unpaired) electrons. The van der Waals surface area contributed by atoms with Crippen LogP contribution < -0.4 is 5.32 Å². The Bertz CT molecular complexity index is 336. The van der Waals surface area contributed by atoms with Crippen molar-refractivity contribution in [3.8, 4) is 0 Å². The normalized spacial score (nSPS) is 21.4. The fraction of sp³-hybridized carbons (Fsp3) is 0.667. The maximum Gasteiger partial charge on any atom is 0.222 e. The molecule has 17 heavy (non-hydrogen) atoms. The van der Waals surface area contributed by atoms with Crippen LogP contribution in [-0.2, 0) is 9.47 Å². The van der Waals surface area contributed by atoms with Crippen LogP contribution in [0.25, 0.3) is 0 Å². The summed E-state index contributed by atoms with van der Waals surface area (Å²) in [4.78, 5) is 8.39. The van der Waals surface area contributed by atoms with E-state index in [0.717, 1.165) is 18.6 Å². The van der Waals surface area contributed by atoms with Crippen molar-refractivity contribution in [1.82, 2.24) is 9.97 Å². The van der Waals surface area contributed by atoms with Crippen LogP contribution in [-0.4, -0.2) is 41.9 Å². The van der Waals surface area contributed by atoms with Crippen molar-refractivity contribution in [2.45, 2.75) is 32.4 Å². The highest BCUT2D eigenvalue weighted by Gasteiger charge is 2.17. The van der Waals surface area contributed by atoms with Crippen molar-refractivity contribution in [1.29, 1.82) is 0 Å². The number of rotatable bonds is 5. The van der Waals surface area contributed by atoms with Gasteiger partial charge in [-0.3, -0.25) is 0 Å². The van der Waals surface area contributed by atoms with Gasteiger partial charge in [-0.15, -0.1) is 0 Å². The lowest BCUT2D eigenvalue weighted by molar-refractivity contribution is 0.0394. The summed E-state index contributed by atoms with van der Waals surface area (Å²) in [6, 6.07) is 0.193. The second-order valence-electron chi connectivity index (χ2n) is 4.45. The monoisotopic (exact) mass is 237 g/mol. The highest BCUT2D eigenvalue weighted by molar-refractivity contribution is 5.25. The molecule has 5 heteroatoms. The average Bonchev–Trinajstić information content (AvgIpc) is 2.83. The summed E-state index contributed by atoms with van der Waals surface area (Å²) < 4.78 is 11.0. The summed E-state index contributed by atoms with van der Waals surface area (Å²) in [5, 5.41) is 3.20. The third-order valence-electron chi connectivity index (χ3n) is 2.63. The molecule has 94 valence electrons. The Morgan fingerprint density at radius 1 is 1.53 bits per heavy atom. The average molecular weight is 237 g/mol.